The topological polar surface area (TPSA) is 26.3 Å². The highest BCUT2D eigenvalue weighted by Gasteiger charge is 2.87. The number of hydrogen-bond acceptors (Lipinski definition) is 2. The van der Waals surface area contributed by atoms with E-state index in [1.807, 2.05) is 6.92 Å². The van der Waals surface area contributed by atoms with Crippen LogP contribution in [0.2, 0.25) is 0 Å². The molecule has 0 N–H and O–H groups in total. The number of carbonyl (C=O) groups is 1. The molecule has 0 rings (SSSR count). The minimum atomic E-state index is -7.62. The van der Waals surface area contributed by atoms with Crippen molar-refractivity contribution in [3.63, 3.8) is 0 Å². The van der Waals surface area contributed by atoms with E-state index in [-0.39, 0.29) is 6.42 Å². The van der Waals surface area contributed by atoms with Gasteiger partial charge in [-0.05, 0) is 6.42 Å². The van der Waals surface area contributed by atoms with Crippen LogP contribution in [0.15, 0.2) is 0 Å². The first-order chi connectivity index (χ1) is 12.9. The maximum absolute atomic E-state index is 13.4. The van der Waals surface area contributed by atoms with Crippen molar-refractivity contribution < 1.29 is 62.2 Å². The van der Waals surface area contributed by atoms with Gasteiger partial charge in [0.25, 0.3) is 0 Å². The second kappa shape index (κ2) is 9.63. The zero-order valence-electron chi connectivity index (χ0n) is 14.9. The van der Waals surface area contributed by atoms with E-state index in [2.05, 4.69) is 4.74 Å². The number of hydrogen-bond donors (Lipinski definition) is 0. The highest BCUT2D eigenvalue weighted by molar-refractivity contribution is 5.69. The van der Waals surface area contributed by atoms with Crippen LogP contribution < -0.4 is 0 Å². The molecule has 0 unspecified atom stereocenters. The summed E-state index contributed by atoms with van der Waals surface area (Å²) in [7, 11) is 0. The molecule has 0 fully saturated rings. The van der Waals surface area contributed by atoms with Gasteiger partial charge in [0, 0.05) is 6.42 Å². The Bertz CT molecular complexity index is 533. The Morgan fingerprint density at radius 1 is 0.759 bits per heavy atom. The molecule has 0 atom stereocenters. The molecule has 0 aliphatic heterocycles. The fraction of sp³-hybridized carbons (Fsp3) is 0.933. The van der Waals surface area contributed by atoms with E-state index in [1.165, 1.54) is 0 Å². The van der Waals surface area contributed by atoms with Crippen LogP contribution in [0, 0.1) is 0 Å². The smallest absolute Gasteiger partial charge is 0.384 e. The van der Waals surface area contributed by atoms with E-state index in [9.17, 15) is 57.5 Å². The monoisotopic (exact) mass is 458 g/mol. The van der Waals surface area contributed by atoms with Gasteiger partial charge in [0.1, 0.15) is 0 Å². The lowest BCUT2D eigenvalue weighted by Gasteiger charge is -2.38. The van der Waals surface area contributed by atoms with Gasteiger partial charge in [-0.25, -0.2) is 8.78 Å². The Morgan fingerprint density at radius 2 is 1.24 bits per heavy atom. The molecular weight excluding hydrogens is 440 g/mol. The zero-order valence-corrected chi connectivity index (χ0v) is 14.9. The van der Waals surface area contributed by atoms with Crippen molar-refractivity contribution in [1.82, 2.24) is 0 Å². The first-order valence-electron chi connectivity index (χ1n) is 8.23. The first-order valence-corrected chi connectivity index (χ1v) is 8.23. The van der Waals surface area contributed by atoms with Gasteiger partial charge in [-0.15, -0.1) is 0 Å². The zero-order chi connectivity index (χ0) is 23.3. The molecule has 0 aliphatic rings. The minimum absolute atomic E-state index is 0.0651. The largest absolute Gasteiger partial charge is 0.459 e. The Morgan fingerprint density at radius 3 is 1.69 bits per heavy atom. The summed E-state index contributed by atoms with van der Waals surface area (Å²) in [5.41, 5.74) is 0. The third kappa shape index (κ3) is 5.62. The predicted octanol–water partition coefficient (Wildman–Crippen LogP) is 6.33. The summed E-state index contributed by atoms with van der Waals surface area (Å²) in [4.78, 5) is 11.2. The quantitative estimate of drug-likeness (QED) is 0.183. The molecule has 0 aromatic heterocycles. The van der Waals surface area contributed by atoms with E-state index in [1.54, 1.807) is 0 Å². The summed E-state index contributed by atoms with van der Waals surface area (Å²) in [6.07, 6.45) is -3.43. The Balaban J connectivity index is 5.26. The average molecular weight is 458 g/mol. The first kappa shape index (κ1) is 27.6. The number of halogens is 12. The fourth-order valence-corrected chi connectivity index (χ4v) is 1.98. The molecule has 29 heavy (non-hydrogen) atoms. The number of esters is 1. The van der Waals surface area contributed by atoms with E-state index in [4.69, 9.17) is 0 Å². The van der Waals surface area contributed by atoms with E-state index < -0.39 is 55.0 Å². The third-order valence-corrected chi connectivity index (χ3v) is 3.84. The van der Waals surface area contributed by atoms with Crippen LogP contribution in [0.3, 0.4) is 0 Å². The second-order valence-electron chi connectivity index (χ2n) is 6.18. The van der Waals surface area contributed by atoms with Crippen molar-refractivity contribution in [3.05, 3.63) is 0 Å². The van der Waals surface area contributed by atoms with Gasteiger partial charge < -0.3 is 4.74 Å². The lowest BCUT2D eigenvalue weighted by Crippen LogP contribution is -2.69. The second-order valence-corrected chi connectivity index (χ2v) is 6.18. The van der Waals surface area contributed by atoms with Gasteiger partial charge in [-0.1, -0.05) is 32.6 Å². The number of carbonyl (C=O) groups excluding carboxylic acids is 1. The van der Waals surface area contributed by atoms with Gasteiger partial charge >= 0.3 is 42.0 Å². The van der Waals surface area contributed by atoms with Crippen LogP contribution in [0.5, 0.6) is 0 Å². The Hall–Kier alpha value is -1.37. The lowest BCUT2D eigenvalue weighted by atomic mass is 9.94. The molecule has 2 nitrogen and oxygen atoms in total. The van der Waals surface area contributed by atoms with Crippen molar-refractivity contribution in [2.24, 2.45) is 0 Å². The van der Waals surface area contributed by atoms with Crippen LogP contribution in [-0.4, -0.2) is 48.6 Å². The fourth-order valence-electron chi connectivity index (χ4n) is 1.98. The highest BCUT2D eigenvalue weighted by atomic mass is 19.4. The third-order valence-electron chi connectivity index (χ3n) is 3.84. The number of alkyl halides is 12. The summed E-state index contributed by atoms with van der Waals surface area (Å²) in [6, 6.07) is 0. The van der Waals surface area contributed by atoms with Crippen LogP contribution in [0.25, 0.3) is 0 Å². The molecule has 174 valence electrons. The molecule has 0 aromatic carbocycles. The Labute approximate surface area is 157 Å². The van der Waals surface area contributed by atoms with E-state index >= 15 is 0 Å². The molecule has 0 bridgehead atoms. The molecule has 0 saturated heterocycles. The summed E-state index contributed by atoms with van der Waals surface area (Å²) in [5.74, 6) is -37.3. The van der Waals surface area contributed by atoms with Gasteiger partial charge in [0.15, 0.2) is 6.61 Å². The standard InChI is InChI=1S/C15H18F12O2/c1-2-3-4-5-6-7-9(28)29-8-11(18,19)13(22,23)15(26,27)14(24,25)12(20,21)10(16)17/h10H,2-8H2,1H3. The molecule has 0 radical (unpaired) electrons. The van der Waals surface area contributed by atoms with Crippen molar-refractivity contribution in [1.29, 1.82) is 0 Å². The molecule has 0 aliphatic carbocycles. The summed E-state index contributed by atoms with van der Waals surface area (Å²) in [5, 5.41) is 0. The number of unbranched alkanes of at least 4 members (excludes halogenated alkanes) is 4. The van der Waals surface area contributed by atoms with Crippen molar-refractivity contribution in [2.45, 2.75) is 81.5 Å². The summed E-state index contributed by atoms with van der Waals surface area (Å²) in [6.45, 7) is -0.993. The van der Waals surface area contributed by atoms with Gasteiger partial charge in [0.2, 0.25) is 0 Å². The Kier molecular flexibility index (Phi) is 9.17. The maximum Gasteiger partial charge on any atom is 0.384 e. The van der Waals surface area contributed by atoms with Crippen LogP contribution in [0.1, 0.15) is 45.4 Å². The maximum atomic E-state index is 13.4. The van der Waals surface area contributed by atoms with Crippen LogP contribution >= 0.6 is 0 Å². The van der Waals surface area contributed by atoms with Crippen molar-refractivity contribution in [2.75, 3.05) is 6.61 Å². The normalized spacial score (nSPS) is 14.4. The van der Waals surface area contributed by atoms with Gasteiger partial charge in [-0.3, -0.25) is 4.79 Å². The lowest BCUT2D eigenvalue weighted by molar-refractivity contribution is -0.414. The molecular formula is C15H18F12O2. The van der Waals surface area contributed by atoms with Crippen LogP contribution in [0.4, 0.5) is 52.7 Å². The van der Waals surface area contributed by atoms with Gasteiger partial charge in [0.05, 0.1) is 0 Å². The molecule has 0 amide bonds. The molecule has 0 saturated carbocycles. The predicted molar refractivity (Wildman–Crippen MR) is 75.1 cm³/mol. The van der Waals surface area contributed by atoms with E-state index in [0.29, 0.717) is 12.8 Å². The minimum Gasteiger partial charge on any atom is -0.459 e. The van der Waals surface area contributed by atoms with E-state index in [0.717, 1.165) is 12.8 Å². The van der Waals surface area contributed by atoms with Crippen molar-refractivity contribution in [3.8, 4) is 0 Å². The SMILES string of the molecule is CCCCCCCC(=O)OCC(F)(F)C(F)(F)C(F)(F)C(F)(F)C(F)(F)C(F)F. The summed E-state index contributed by atoms with van der Waals surface area (Å²) < 4.78 is 159. The molecule has 0 aromatic rings. The highest BCUT2D eigenvalue weighted by Crippen LogP contribution is 2.58. The van der Waals surface area contributed by atoms with Crippen LogP contribution in [-0.2, 0) is 9.53 Å². The average Bonchev–Trinajstić information content (AvgIpc) is 2.59. The number of rotatable bonds is 13. The summed E-state index contributed by atoms with van der Waals surface area (Å²) >= 11 is 0. The molecule has 14 heteroatoms. The van der Waals surface area contributed by atoms with Gasteiger partial charge in [-0.2, -0.15) is 43.9 Å². The molecule has 0 spiro atoms. The van der Waals surface area contributed by atoms with Crippen molar-refractivity contribution >= 4 is 5.97 Å². The number of ether oxygens (including phenoxy) is 1. The molecule has 0 heterocycles.